The second-order valence-corrected chi connectivity index (χ2v) is 4.53. The molecule has 0 bridgehead atoms. The highest BCUT2D eigenvalue weighted by molar-refractivity contribution is 6.31. The van der Waals surface area contributed by atoms with Gasteiger partial charge in [-0.25, -0.2) is 14.4 Å². The van der Waals surface area contributed by atoms with E-state index in [4.69, 9.17) is 11.6 Å². The number of hydrogen-bond donors (Lipinski definition) is 1. The maximum Gasteiger partial charge on any atom is 0.433 e. The Hall–Kier alpha value is -1.89. The molecule has 0 amide bonds. The molecule has 0 aliphatic rings. The SMILES string of the molecule is CCNc1nc(-c2ccc(F)c(Cl)c2)cc(C(F)(F)F)n1. The first-order valence-electron chi connectivity index (χ1n) is 5.97. The number of aromatic nitrogens is 2. The van der Waals surface area contributed by atoms with E-state index in [1.165, 1.54) is 12.1 Å². The smallest absolute Gasteiger partial charge is 0.354 e. The van der Waals surface area contributed by atoms with Gasteiger partial charge in [-0.1, -0.05) is 11.6 Å². The van der Waals surface area contributed by atoms with Crippen molar-refractivity contribution in [1.29, 1.82) is 0 Å². The first kappa shape index (κ1) is 15.5. The van der Waals surface area contributed by atoms with Crippen LogP contribution in [0.5, 0.6) is 0 Å². The topological polar surface area (TPSA) is 37.8 Å². The summed E-state index contributed by atoms with van der Waals surface area (Å²) in [5.41, 5.74) is -0.799. The summed E-state index contributed by atoms with van der Waals surface area (Å²) in [6, 6.07) is 4.39. The molecule has 1 aromatic heterocycles. The fourth-order valence-corrected chi connectivity index (χ4v) is 1.81. The summed E-state index contributed by atoms with van der Waals surface area (Å²) in [5.74, 6) is -0.805. The van der Waals surface area contributed by atoms with Gasteiger partial charge in [-0.05, 0) is 31.2 Å². The van der Waals surface area contributed by atoms with Crippen LogP contribution in [0.4, 0.5) is 23.5 Å². The Labute approximate surface area is 123 Å². The van der Waals surface area contributed by atoms with Gasteiger partial charge in [-0.3, -0.25) is 0 Å². The molecule has 0 radical (unpaired) electrons. The van der Waals surface area contributed by atoms with Crippen LogP contribution in [0, 0.1) is 5.82 Å². The average Bonchev–Trinajstić information content (AvgIpc) is 2.41. The molecule has 1 aromatic carbocycles. The van der Waals surface area contributed by atoms with E-state index in [2.05, 4.69) is 15.3 Å². The van der Waals surface area contributed by atoms with Gasteiger partial charge in [-0.15, -0.1) is 0 Å². The summed E-state index contributed by atoms with van der Waals surface area (Å²) in [6.07, 6.45) is -4.61. The summed E-state index contributed by atoms with van der Waals surface area (Å²) < 4.78 is 51.7. The summed E-state index contributed by atoms with van der Waals surface area (Å²) in [6.45, 7) is 2.07. The zero-order chi connectivity index (χ0) is 15.6. The van der Waals surface area contributed by atoms with Gasteiger partial charge in [0.1, 0.15) is 5.82 Å². The fourth-order valence-electron chi connectivity index (χ4n) is 1.63. The zero-order valence-electron chi connectivity index (χ0n) is 10.8. The van der Waals surface area contributed by atoms with E-state index in [1.54, 1.807) is 6.92 Å². The molecule has 0 saturated heterocycles. The second-order valence-electron chi connectivity index (χ2n) is 4.12. The van der Waals surface area contributed by atoms with Crippen LogP contribution in [0.1, 0.15) is 12.6 Å². The molecule has 1 heterocycles. The number of alkyl halides is 3. The van der Waals surface area contributed by atoms with Crippen molar-refractivity contribution in [1.82, 2.24) is 9.97 Å². The molecule has 2 aromatic rings. The lowest BCUT2D eigenvalue weighted by atomic mass is 10.1. The number of benzene rings is 1. The largest absolute Gasteiger partial charge is 0.433 e. The zero-order valence-corrected chi connectivity index (χ0v) is 11.6. The Balaban J connectivity index is 2.56. The molecule has 21 heavy (non-hydrogen) atoms. The lowest BCUT2D eigenvalue weighted by Crippen LogP contribution is -2.12. The number of anilines is 1. The number of hydrogen-bond acceptors (Lipinski definition) is 3. The summed E-state index contributed by atoms with van der Waals surface area (Å²) >= 11 is 5.64. The van der Waals surface area contributed by atoms with Crippen molar-refractivity contribution in [3.05, 3.63) is 40.8 Å². The minimum Gasteiger partial charge on any atom is -0.354 e. The van der Waals surface area contributed by atoms with Gasteiger partial charge < -0.3 is 5.32 Å². The standard InChI is InChI=1S/C13H10ClF4N3/c1-2-19-12-20-10(6-11(21-12)13(16,17)18)7-3-4-9(15)8(14)5-7/h3-6H,2H2,1H3,(H,19,20,21). The Morgan fingerprint density at radius 2 is 1.90 bits per heavy atom. The van der Waals surface area contributed by atoms with Crippen LogP contribution in [0.15, 0.2) is 24.3 Å². The van der Waals surface area contributed by atoms with Gasteiger partial charge in [0, 0.05) is 12.1 Å². The third-order valence-electron chi connectivity index (χ3n) is 2.57. The van der Waals surface area contributed by atoms with E-state index >= 15 is 0 Å². The first-order valence-corrected chi connectivity index (χ1v) is 6.34. The summed E-state index contributed by atoms with van der Waals surface area (Å²) in [5, 5.41) is 2.44. The number of nitrogens with one attached hydrogen (secondary N) is 1. The van der Waals surface area contributed by atoms with Crippen molar-refractivity contribution in [2.24, 2.45) is 0 Å². The highest BCUT2D eigenvalue weighted by Crippen LogP contribution is 2.32. The maximum absolute atomic E-state index is 13.1. The third-order valence-corrected chi connectivity index (χ3v) is 2.86. The van der Waals surface area contributed by atoms with E-state index in [0.29, 0.717) is 6.54 Å². The Morgan fingerprint density at radius 3 is 2.48 bits per heavy atom. The van der Waals surface area contributed by atoms with Gasteiger partial charge in [0.2, 0.25) is 5.95 Å². The highest BCUT2D eigenvalue weighted by atomic mass is 35.5. The molecular weight excluding hydrogens is 310 g/mol. The van der Waals surface area contributed by atoms with Crippen molar-refractivity contribution in [2.45, 2.75) is 13.1 Å². The molecule has 112 valence electrons. The van der Waals surface area contributed by atoms with Crippen molar-refractivity contribution < 1.29 is 17.6 Å². The van der Waals surface area contributed by atoms with Gasteiger partial charge in [-0.2, -0.15) is 13.2 Å². The van der Waals surface area contributed by atoms with Crippen molar-refractivity contribution in [3.8, 4) is 11.3 Å². The monoisotopic (exact) mass is 319 g/mol. The molecule has 8 heteroatoms. The van der Waals surface area contributed by atoms with Crippen LogP contribution < -0.4 is 5.32 Å². The molecule has 0 unspecified atom stereocenters. The molecule has 0 aliphatic carbocycles. The number of halogens is 5. The first-order chi connectivity index (χ1) is 9.81. The molecule has 0 saturated carbocycles. The second kappa shape index (κ2) is 5.85. The Kier molecular flexibility index (Phi) is 4.32. The van der Waals surface area contributed by atoms with E-state index in [0.717, 1.165) is 12.1 Å². The predicted molar refractivity (Wildman–Crippen MR) is 71.6 cm³/mol. The summed E-state index contributed by atoms with van der Waals surface area (Å²) in [7, 11) is 0. The van der Waals surface area contributed by atoms with Crippen LogP contribution in [0.3, 0.4) is 0 Å². The van der Waals surface area contributed by atoms with Crippen molar-refractivity contribution in [3.63, 3.8) is 0 Å². The molecule has 0 aliphatic heterocycles. The Morgan fingerprint density at radius 1 is 1.19 bits per heavy atom. The fraction of sp³-hybridized carbons (Fsp3) is 0.231. The van der Waals surface area contributed by atoms with E-state index < -0.39 is 17.7 Å². The van der Waals surface area contributed by atoms with Gasteiger partial charge in [0.15, 0.2) is 5.69 Å². The van der Waals surface area contributed by atoms with Crippen LogP contribution >= 0.6 is 11.6 Å². The van der Waals surface area contributed by atoms with E-state index in [9.17, 15) is 17.6 Å². The lowest BCUT2D eigenvalue weighted by Gasteiger charge is -2.11. The molecule has 0 spiro atoms. The minimum atomic E-state index is -4.61. The molecule has 0 fully saturated rings. The molecule has 3 nitrogen and oxygen atoms in total. The molecular formula is C13H10ClF4N3. The molecule has 1 N–H and O–H groups in total. The van der Waals surface area contributed by atoms with Crippen molar-refractivity contribution >= 4 is 17.5 Å². The van der Waals surface area contributed by atoms with Crippen LogP contribution in [0.2, 0.25) is 5.02 Å². The van der Waals surface area contributed by atoms with Gasteiger partial charge in [0.05, 0.1) is 10.7 Å². The maximum atomic E-state index is 13.1. The van der Waals surface area contributed by atoms with Gasteiger partial charge >= 0.3 is 6.18 Å². The summed E-state index contributed by atoms with van der Waals surface area (Å²) in [4.78, 5) is 7.38. The van der Waals surface area contributed by atoms with Crippen LogP contribution in [0.25, 0.3) is 11.3 Å². The van der Waals surface area contributed by atoms with Crippen LogP contribution in [-0.2, 0) is 6.18 Å². The normalized spacial score (nSPS) is 11.5. The Bertz CT molecular complexity index is 658. The number of nitrogens with zero attached hydrogens (tertiary/aromatic N) is 2. The number of rotatable bonds is 3. The highest BCUT2D eigenvalue weighted by Gasteiger charge is 2.33. The van der Waals surface area contributed by atoms with Crippen molar-refractivity contribution in [2.75, 3.05) is 11.9 Å². The quantitative estimate of drug-likeness (QED) is 0.853. The van der Waals surface area contributed by atoms with E-state index in [1.807, 2.05) is 0 Å². The van der Waals surface area contributed by atoms with E-state index in [-0.39, 0.29) is 22.2 Å². The minimum absolute atomic E-state index is 0.00942. The molecule has 0 atom stereocenters. The molecule has 2 rings (SSSR count). The van der Waals surface area contributed by atoms with Crippen LogP contribution in [-0.4, -0.2) is 16.5 Å². The third kappa shape index (κ3) is 3.60. The van der Waals surface area contributed by atoms with Gasteiger partial charge in [0.25, 0.3) is 0 Å². The lowest BCUT2D eigenvalue weighted by molar-refractivity contribution is -0.141. The average molecular weight is 320 g/mol. The predicted octanol–water partition coefficient (Wildman–Crippen LogP) is 4.39.